The first kappa shape index (κ1) is 13.1. The van der Waals surface area contributed by atoms with Gasteiger partial charge in [-0.25, -0.2) is 0 Å². The molecule has 1 unspecified atom stereocenters. The van der Waals surface area contributed by atoms with Crippen molar-refractivity contribution in [1.29, 1.82) is 0 Å². The van der Waals surface area contributed by atoms with Crippen LogP contribution in [0, 0.1) is 6.92 Å². The number of ether oxygens (including phenoxy) is 1. The van der Waals surface area contributed by atoms with Crippen molar-refractivity contribution in [2.24, 2.45) is 0 Å². The zero-order valence-electron chi connectivity index (χ0n) is 9.92. The van der Waals surface area contributed by atoms with Gasteiger partial charge in [0.1, 0.15) is 11.9 Å². The van der Waals surface area contributed by atoms with E-state index < -0.39 is 0 Å². The maximum absolute atomic E-state index is 6.26. The molecule has 0 bridgehead atoms. The molecular weight excluding hydrogens is 303 g/mol. The van der Waals surface area contributed by atoms with E-state index in [1.165, 1.54) is 0 Å². The lowest BCUT2D eigenvalue weighted by molar-refractivity contribution is 0.282. The second kappa shape index (κ2) is 4.90. The average molecular weight is 313 g/mol. The average Bonchev–Trinajstić information content (AvgIpc) is 2.68. The van der Waals surface area contributed by atoms with Crippen molar-refractivity contribution in [2.45, 2.75) is 12.5 Å². The summed E-state index contributed by atoms with van der Waals surface area (Å²) in [5.74, 6) is 0.814. The number of rotatable bonds is 1. The Balaban J connectivity index is 2.21. The van der Waals surface area contributed by atoms with Gasteiger partial charge in [0, 0.05) is 27.6 Å². The molecule has 1 atom stereocenters. The van der Waals surface area contributed by atoms with E-state index in [-0.39, 0.29) is 6.10 Å². The van der Waals surface area contributed by atoms with E-state index in [0.717, 1.165) is 28.9 Å². The number of fused-ring (bicyclic) bond motifs is 1. The van der Waals surface area contributed by atoms with E-state index >= 15 is 0 Å². The predicted octanol–water partition coefficient (Wildman–Crippen LogP) is 5.45. The molecule has 97 valence electrons. The molecule has 0 fully saturated rings. The number of hydrogen-bond donors (Lipinski definition) is 0. The summed E-state index contributed by atoms with van der Waals surface area (Å²) in [6.45, 7) is 3.93. The topological polar surface area (TPSA) is 9.23 Å². The molecule has 1 aliphatic rings. The first-order valence-corrected chi connectivity index (χ1v) is 6.95. The van der Waals surface area contributed by atoms with Crippen LogP contribution in [0.15, 0.2) is 30.3 Å². The van der Waals surface area contributed by atoms with E-state index in [9.17, 15) is 0 Å². The predicted molar refractivity (Wildman–Crippen MR) is 80.4 cm³/mol. The second-order valence-corrected chi connectivity index (χ2v) is 5.79. The van der Waals surface area contributed by atoms with E-state index in [2.05, 4.69) is 6.92 Å². The fourth-order valence-corrected chi connectivity index (χ4v) is 3.05. The molecule has 0 N–H and O–H groups in total. The molecule has 2 aromatic rings. The molecule has 0 saturated heterocycles. The van der Waals surface area contributed by atoms with Crippen molar-refractivity contribution < 1.29 is 4.74 Å². The molecule has 4 heteroatoms. The quantitative estimate of drug-likeness (QED) is 0.680. The van der Waals surface area contributed by atoms with Gasteiger partial charge in [-0.05, 0) is 36.8 Å². The fourth-order valence-electron chi connectivity index (χ4n) is 2.30. The smallest absolute Gasteiger partial charge is 0.131 e. The Kier molecular flexibility index (Phi) is 3.38. The summed E-state index contributed by atoms with van der Waals surface area (Å²) in [6, 6.07) is 9.15. The lowest BCUT2D eigenvalue weighted by Gasteiger charge is -2.12. The molecule has 0 spiro atoms. The zero-order chi connectivity index (χ0) is 13.6. The van der Waals surface area contributed by atoms with Crippen LogP contribution in [-0.2, 0) is 6.42 Å². The van der Waals surface area contributed by atoms with Gasteiger partial charge in [-0.2, -0.15) is 0 Å². The van der Waals surface area contributed by atoms with Gasteiger partial charge in [0.05, 0.1) is 5.02 Å². The highest BCUT2D eigenvalue weighted by Crippen LogP contribution is 2.43. The minimum Gasteiger partial charge on any atom is -0.489 e. The largest absolute Gasteiger partial charge is 0.489 e. The van der Waals surface area contributed by atoms with Crippen molar-refractivity contribution in [3.63, 3.8) is 0 Å². The van der Waals surface area contributed by atoms with Crippen molar-refractivity contribution in [3.05, 3.63) is 57.9 Å². The maximum Gasteiger partial charge on any atom is 0.131 e. The third-order valence-electron chi connectivity index (χ3n) is 3.08. The minimum atomic E-state index is -0.0849. The lowest BCUT2D eigenvalue weighted by Crippen LogP contribution is -2.06. The van der Waals surface area contributed by atoms with Gasteiger partial charge < -0.3 is 4.74 Å². The second-order valence-electron chi connectivity index (χ2n) is 4.51. The Morgan fingerprint density at radius 3 is 2.53 bits per heavy atom. The van der Waals surface area contributed by atoms with Crippen LogP contribution in [0.5, 0.6) is 5.75 Å². The lowest BCUT2D eigenvalue weighted by atomic mass is 10.0. The van der Waals surface area contributed by atoms with Gasteiger partial charge >= 0.3 is 0 Å². The maximum atomic E-state index is 6.26. The molecule has 2 aromatic carbocycles. The van der Waals surface area contributed by atoms with Crippen LogP contribution in [0.3, 0.4) is 0 Å². The van der Waals surface area contributed by atoms with Crippen LogP contribution < -0.4 is 4.74 Å². The van der Waals surface area contributed by atoms with Gasteiger partial charge in [-0.3, -0.25) is 0 Å². The molecule has 0 saturated carbocycles. The first-order chi connectivity index (χ1) is 9.04. The molecule has 0 aromatic heterocycles. The standard InChI is InChI=1S/C15H10Cl3O/c1-8-4-9-5-11(17)6-13(15(9)19-8)12-3-2-10(16)7-14(12)18/h2-3,5-8H,1,4H2. The van der Waals surface area contributed by atoms with Crippen LogP contribution in [0.1, 0.15) is 5.56 Å². The van der Waals surface area contributed by atoms with Crippen LogP contribution in [-0.4, -0.2) is 6.10 Å². The molecule has 0 aliphatic carbocycles. The summed E-state index contributed by atoms with van der Waals surface area (Å²) in [5.41, 5.74) is 2.81. The van der Waals surface area contributed by atoms with E-state index in [1.807, 2.05) is 18.2 Å². The first-order valence-electron chi connectivity index (χ1n) is 5.82. The van der Waals surface area contributed by atoms with Gasteiger partial charge in [0.25, 0.3) is 0 Å². The SMILES string of the molecule is [CH2]C1Cc2cc(Cl)cc(-c3ccc(Cl)cc3Cl)c2O1. The van der Waals surface area contributed by atoms with Crippen LogP contribution in [0.25, 0.3) is 11.1 Å². The van der Waals surface area contributed by atoms with Crippen molar-refractivity contribution >= 4 is 34.8 Å². The zero-order valence-corrected chi connectivity index (χ0v) is 12.2. The molecule has 1 aliphatic heterocycles. The highest BCUT2D eigenvalue weighted by atomic mass is 35.5. The van der Waals surface area contributed by atoms with E-state index in [0.29, 0.717) is 15.1 Å². The summed E-state index contributed by atoms with van der Waals surface area (Å²) in [5, 5.41) is 1.84. The van der Waals surface area contributed by atoms with Crippen molar-refractivity contribution in [1.82, 2.24) is 0 Å². The van der Waals surface area contributed by atoms with Crippen LogP contribution in [0.4, 0.5) is 0 Å². The highest BCUT2D eigenvalue weighted by molar-refractivity contribution is 6.36. The Hall–Kier alpha value is -0.890. The third kappa shape index (κ3) is 2.43. The monoisotopic (exact) mass is 311 g/mol. The Bertz CT molecular complexity index is 652. The van der Waals surface area contributed by atoms with Crippen LogP contribution in [0.2, 0.25) is 15.1 Å². The summed E-state index contributed by atoms with van der Waals surface area (Å²) < 4.78 is 5.77. The van der Waals surface area contributed by atoms with Gasteiger partial charge in [0.2, 0.25) is 0 Å². The molecule has 0 amide bonds. The van der Waals surface area contributed by atoms with Crippen molar-refractivity contribution in [3.8, 4) is 16.9 Å². The summed E-state index contributed by atoms with van der Waals surface area (Å²) in [7, 11) is 0. The van der Waals surface area contributed by atoms with Gasteiger partial charge in [-0.15, -0.1) is 0 Å². The highest BCUT2D eigenvalue weighted by Gasteiger charge is 2.24. The summed E-state index contributed by atoms with van der Waals surface area (Å²) >= 11 is 18.3. The Morgan fingerprint density at radius 2 is 1.79 bits per heavy atom. The van der Waals surface area contributed by atoms with Gasteiger partial charge in [-0.1, -0.05) is 40.9 Å². The van der Waals surface area contributed by atoms with Crippen LogP contribution >= 0.6 is 34.8 Å². The molecule has 1 heterocycles. The summed E-state index contributed by atoms with van der Waals surface area (Å²) in [6.07, 6.45) is 0.673. The molecule has 1 nitrogen and oxygen atoms in total. The molecule has 1 radical (unpaired) electrons. The number of halogens is 3. The van der Waals surface area contributed by atoms with Gasteiger partial charge in [0.15, 0.2) is 0 Å². The van der Waals surface area contributed by atoms with Crippen molar-refractivity contribution in [2.75, 3.05) is 0 Å². The Labute approximate surface area is 127 Å². The third-order valence-corrected chi connectivity index (χ3v) is 3.85. The fraction of sp³-hybridized carbons (Fsp3) is 0.133. The molecular formula is C15H10Cl3O. The molecule has 3 rings (SSSR count). The van der Waals surface area contributed by atoms with E-state index in [1.54, 1.807) is 12.1 Å². The Morgan fingerprint density at radius 1 is 1.00 bits per heavy atom. The number of hydrogen-bond acceptors (Lipinski definition) is 1. The number of benzene rings is 2. The minimum absolute atomic E-state index is 0.0849. The normalized spacial score (nSPS) is 17.2. The van der Waals surface area contributed by atoms with E-state index in [4.69, 9.17) is 39.5 Å². The summed E-state index contributed by atoms with van der Waals surface area (Å²) in [4.78, 5) is 0. The molecule has 19 heavy (non-hydrogen) atoms.